The van der Waals surface area contributed by atoms with Crippen LogP contribution in [-0.2, 0) is 0 Å². The van der Waals surface area contributed by atoms with Crippen LogP contribution in [0.1, 0.15) is 5.82 Å². The van der Waals surface area contributed by atoms with E-state index in [0.717, 1.165) is 5.22 Å². The van der Waals surface area contributed by atoms with Crippen LogP contribution in [0.15, 0.2) is 30.5 Å². The predicted octanol–water partition coefficient (Wildman–Crippen LogP) is 0.730. The van der Waals surface area contributed by atoms with Crippen LogP contribution in [-0.4, -0.2) is 9.97 Å². The maximum Gasteiger partial charge on any atom is 0.125 e. The average molecular weight is 172 g/mol. The van der Waals surface area contributed by atoms with Gasteiger partial charge >= 0.3 is 0 Å². The molecule has 0 saturated heterocycles. The van der Waals surface area contributed by atoms with Crippen LogP contribution in [0.25, 0.3) is 13.2 Å². The number of aromatic nitrogens is 2. The van der Waals surface area contributed by atoms with Crippen LogP contribution < -0.4 is 10.6 Å². The lowest BCUT2D eigenvalue weighted by molar-refractivity contribution is 1.05. The lowest BCUT2D eigenvalue weighted by Crippen LogP contribution is -2.03. The maximum atomic E-state index is 4.14. The van der Waals surface area contributed by atoms with Crippen molar-refractivity contribution in [3.8, 4) is 0 Å². The van der Waals surface area contributed by atoms with Crippen LogP contribution >= 0.6 is 0 Å². The van der Waals surface area contributed by atoms with Crippen LogP contribution in [0.4, 0.5) is 0 Å². The van der Waals surface area contributed by atoms with Crippen molar-refractivity contribution in [3.05, 3.63) is 46.9 Å². The standard InChI is InChI=1S/C11H12N2/c1-9-6-4-5-7-10(2)13-11(3)12-8-9/h4-8H,1-2H2,3H3. The quantitative estimate of drug-likeness (QED) is 0.576. The Bertz CT molecular complexity index is 436. The van der Waals surface area contributed by atoms with Gasteiger partial charge in [0.25, 0.3) is 0 Å². The van der Waals surface area contributed by atoms with Gasteiger partial charge < -0.3 is 0 Å². The van der Waals surface area contributed by atoms with E-state index in [1.807, 2.05) is 31.2 Å². The molecule has 2 heteroatoms. The van der Waals surface area contributed by atoms with E-state index in [0.29, 0.717) is 11.2 Å². The molecule has 13 heavy (non-hydrogen) atoms. The highest BCUT2D eigenvalue weighted by atomic mass is 14.8. The Morgan fingerprint density at radius 2 is 1.85 bits per heavy atom. The molecule has 66 valence electrons. The van der Waals surface area contributed by atoms with Gasteiger partial charge in [-0.3, -0.25) is 0 Å². The Morgan fingerprint density at radius 1 is 1.15 bits per heavy atom. The summed E-state index contributed by atoms with van der Waals surface area (Å²) in [6.45, 7) is 9.37. The first-order valence-corrected chi connectivity index (χ1v) is 4.00. The number of aryl methyl sites for hydroxylation is 1. The van der Waals surface area contributed by atoms with Gasteiger partial charge in [-0.2, -0.15) is 0 Å². The molecule has 0 spiro atoms. The third kappa shape index (κ3) is 3.47. The van der Waals surface area contributed by atoms with E-state index in [4.69, 9.17) is 0 Å². The third-order valence-corrected chi connectivity index (χ3v) is 1.43. The highest BCUT2D eigenvalue weighted by molar-refractivity contribution is 5.04. The Hall–Kier alpha value is -1.70. The van der Waals surface area contributed by atoms with Gasteiger partial charge in [0.05, 0.1) is 5.35 Å². The molecule has 0 saturated carbocycles. The summed E-state index contributed by atoms with van der Waals surface area (Å²) >= 11 is 0. The van der Waals surface area contributed by atoms with Gasteiger partial charge in [0.1, 0.15) is 5.82 Å². The fraction of sp³-hybridized carbons (Fsp3) is 0.0909. The summed E-state index contributed by atoms with van der Waals surface area (Å²) in [5.74, 6) is 0.686. The summed E-state index contributed by atoms with van der Waals surface area (Å²) in [4.78, 5) is 8.23. The summed E-state index contributed by atoms with van der Waals surface area (Å²) in [5, 5.41) is 1.55. The number of nitrogens with zero attached hydrogens (tertiary/aromatic N) is 2. The number of hydrogen-bond donors (Lipinski definition) is 0. The van der Waals surface area contributed by atoms with E-state index in [2.05, 4.69) is 23.1 Å². The fourth-order valence-corrected chi connectivity index (χ4v) is 0.839. The van der Waals surface area contributed by atoms with Crippen molar-refractivity contribution in [2.75, 3.05) is 0 Å². The van der Waals surface area contributed by atoms with Crippen LogP contribution in [0.5, 0.6) is 0 Å². The summed E-state index contributed by atoms with van der Waals surface area (Å²) in [6.07, 6.45) is 1.68. The normalized spacial score (nSPS) is 9.00. The molecule has 1 rings (SSSR count). The fourth-order valence-electron chi connectivity index (χ4n) is 0.839. The summed E-state index contributed by atoms with van der Waals surface area (Å²) in [5.41, 5.74) is 0. The monoisotopic (exact) mass is 172 g/mol. The minimum atomic E-state index is 0.686. The van der Waals surface area contributed by atoms with Gasteiger partial charge in [0.2, 0.25) is 0 Å². The van der Waals surface area contributed by atoms with E-state index in [1.54, 1.807) is 6.20 Å². The van der Waals surface area contributed by atoms with Gasteiger partial charge in [-0.25, -0.2) is 9.97 Å². The van der Waals surface area contributed by atoms with E-state index in [-0.39, 0.29) is 0 Å². The summed E-state index contributed by atoms with van der Waals surface area (Å²) in [7, 11) is 0. The van der Waals surface area contributed by atoms with Gasteiger partial charge in [-0.05, 0) is 18.2 Å². The molecule has 0 aliphatic carbocycles. The van der Waals surface area contributed by atoms with E-state index >= 15 is 0 Å². The topological polar surface area (TPSA) is 25.8 Å². The highest BCUT2D eigenvalue weighted by Gasteiger charge is 1.76. The van der Waals surface area contributed by atoms with Crippen LogP contribution in [0.2, 0.25) is 0 Å². The average Bonchev–Trinajstić information content (AvgIpc) is 2.08. The van der Waals surface area contributed by atoms with E-state index in [1.165, 1.54) is 0 Å². The zero-order valence-electron chi connectivity index (χ0n) is 7.70. The number of hydrogen-bond acceptors (Lipinski definition) is 2. The van der Waals surface area contributed by atoms with E-state index in [9.17, 15) is 0 Å². The SMILES string of the molecule is C=c1ccccc(=C)nc(C)nc1. The molecule has 0 radical (unpaired) electrons. The smallest absolute Gasteiger partial charge is 0.125 e. The molecule has 1 aromatic rings. The lowest BCUT2D eigenvalue weighted by Gasteiger charge is -1.82. The first kappa shape index (κ1) is 9.39. The predicted molar refractivity (Wildman–Crippen MR) is 54.7 cm³/mol. The second kappa shape index (κ2) is 4.36. The lowest BCUT2D eigenvalue weighted by atomic mass is 10.4. The zero-order chi connectivity index (χ0) is 9.68. The van der Waals surface area contributed by atoms with Crippen molar-refractivity contribution >= 4 is 13.2 Å². The van der Waals surface area contributed by atoms with Crippen molar-refractivity contribution in [1.29, 1.82) is 0 Å². The van der Waals surface area contributed by atoms with Crippen molar-refractivity contribution in [2.24, 2.45) is 0 Å². The molecule has 0 N–H and O–H groups in total. The molecule has 0 amide bonds. The first-order valence-electron chi connectivity index (χ1n) is 4.00. The highest BCUT2D eigenvalue weighted by Crippen LogP contribution is 1.72. The Labute approximate surface area is 77.6 Å². The Kier molecular flexibility index (Phi) is 3.15. The minimum absolute atomic E-state index is 0.686. The van der Waals surface area contributed by atoms with Crippen molar-refractivity contribution < 1.29 is 0 Å². The second-order valence-corrected chi connectivity index (χ2v) is 2.70. The van der Waals surface area contributed by atoms with Crippen molar-refractivity contribution in [1.82, 2.24) is 9.97 Å². The second-order valence-electron chi connectivity index (χ2n) is 2.70. The molecule has 0 atom stereocenters. The Morgan fingerprint density at radius 3 is 2.62 bits per heavy atom. The first-order chi connectivity index (χ1) is 6.18. The molecule has 0 unspecified atom stereocenters. The minimum Gasteiger partial charge on any atom is -0.241 e. The molecular weight excluding hydrogens is 160 g/mol. The van der Waals surface area contributed by atoms with E-state index < -0.39 is 0 Å². The largest absolute Gasteiger partial charge is 0.241 e. The maximum absolute atomic E-state index is 4.14. The van der Waals surface area contributed by atoms with Gasteiger partial charge in [-0.15, -0.1) is 0 Å². The van der Waals surface area contributed by atoms with Gasteiger partial charge in [0.15, 0.2) is 0 Å². The third-order valence-electron chi connectivity index (χ3n) is 1.43. The molecule has 0 fully saturated rings. The van der Waals surface area contributed by atoms with Crippen LogP contribution in [0, 0.1) is 6.92 Å². The Balaban J connectivity index is 3.49. The zero-order valence-corrected chi connectivity index (χ0v) is 7.70. The molecular formula is C11H12N2. The van der Waals surface area contributed by atoms with Gasteiger partial charge in [0, 0.05) is 6.20 Å². The van der Waals surface area contributed by atoms with Gasteiger partial charge in [-0.1, -0.05) is 31.4 Å². The molecule has 0 aliphatic rings. The molecule has 1 heterocycles. The molecule has 2 nitrogen and oxygen atoms in total. The molecule has 1 aromatic heterocycles. The molecule has 0 bridgehead atoms. The number of rotatable bonds is 0. The van der Waals surface area contributed by atoms with Crippen LogP contribution in [0.3, 0.4) is 0 Å². The molecule has 0 aliphatic heterocycles. The van der Waals surface area contributed by atoms with Crippen molar-refractivity contribution in [2.45, 2.75) is 6.92 Å². The molecule has 0 aromatic carbocycles. The summed E-state index contributed by atoms with van der Waals surface area (Å²) < 4.78 is 0. The summed E-state index contributed by atoms with van der Waals surface area (Å²) in [6, 6.07) is 7.47. The van der Waals surface area contributed by atoms with Crippen molar-refractivity contribution in [3.63, 3.8) is 0 Å².